The zero-order valence-corrected chi connectivity index (χ0v) is 14.7. The number of nitrogens with zero attached hydrogens (tertiary/aromatic N) is 4. The number of anilines is 1. The highest BCUT2D eigenvalue weighted by atomic mass is 15.3. The largest absolute Gasteiger partial charge is 0.343 e. The quantitative estimate of drug-likeness (QED) is 0.692. The third-order valence-electron chi connectivity index (χ3n) is 4.41. The fourth-order valence-electron chi connectivity index (χ4n) is 3.15. The Kier molecular flexibility index (Phi) is 5.51. The Morgan fingerprint density at radius 2 is 1.92 bits per heavy atom. The van der Waals surface area contributed by atoms with Gasteiger partial charge in [-0.05, 0) is 37.8 Å². The molecule has 1 aliphatic rings. The number of hydrogen-bond donors (Lipinski definition) is 1. The number of rotatable bonds is 4. The van der Waals surface area contributed by atoms with Crippen LogP contribution in [0, 0.1) is 0 Å². The van der Waals surface area contributed by atoms with Crippen LogP contribution in [-0.2, 0) is 20.0 Å². The molecule has 2 aromatic rings. The van der Waals surface area contributed by atoms with Crippen molar-refractivity contribution in [1.29, 1.82) is 0 Å². The monoisotopic (exact) mass is 325 g/mol. The van der Waals surface area contributed by atoms with Gasteiger partial charge >= 0.3 is 0 Å². The molecule has 0 saturated carbocycles. The molecule has 0 unspecified atom stereocenters. The van der Waals surface area contributed by atoms with E-state index < -0.39 is 0 Å². The zero-order chi connectivity index (χ0) is 16.8. The van der Waals surface area contributed by atoms with Crippen molar-refractivity contribution in [2.24, 2.45) is 12.0 Å². The van der Waals surface area contributed by atoms with Crippen molar-refractivity contribution in [2.75, 3.05) is 18.4 Å². The Balaban J connectivity index is 1.79. The van der Waals surface area contributed by atoms with Crippen molar-refractivity contribution < 1.29 is 0 Å². The topological polar surface area (TPSA) is 45.5 Å². The fourth-order valence-corrected chi connectivity index (χ4v) is 3.15. The number of benzene rings is 1. The summed E-state index contributed by atoms with van der Waals surface area (Å²) in [6.07, 6.45) is 6.82. The highest BCUT2D eigenvalue weighted by Gasteiger charge is 2.15. The second kappa shape index (κ2) is 7.99. The molecular weight excluding hydrogens is 298 g/mol. The van der Waals surface area contributed by atoms with Crippen LogP contribution in [0.1, 0.15) is 37.4 Å². The summed E-state index contributed by atoms with van der Waals surface area (Å²) >= 11 is 0. The van der Waals surface area contributed by atoms with Crippen molar-refractivity contribution >= 4 is 11.6 Å². The van der Waals surface area contributed by atoms with E-state index in [4.69, 9.17) is 4.99 Å². The predicted octanol–water partition coefficient (Wildman–Crippen LogP) is 3.44. The maximum atomic E-state index is 4.91. The van der Waals surface area contributed by atoms with Crippen molar-refractivity contribution in [3.8, 4) is 0 Å². The third kappa shape index (κ3) is 4.16. The van der Waals surface area contributed by atoms with Gasteiger partial charge in [0, 0.05) is 37.6 Å². The van der Waals surface area contributed by atoms with Crippen LogP contribution in [-0.4, -0.2) is 33.7 Å². The van der Waals surface area contributed by atoms with Gasteiger partial charge in [-0.25, -0.2) is 4.99 Å². The fraction of sp³-hybridized carbons (Fsp3) is 0.474. The van der Waals surface area contributed by atoms with Crippen molar-refractivity contribution in [3.05, 3.63) is 47.8 Å². The molecule has 1 saturated heterocycles. The van der Waals surface area contributed by atoms with E-state index in [0.29, 0.717) is 6.54 Å². The first-order chi connectivity index (χ1) is 11.8. The van der Waals surface area contributed by atoms with E-state index in [1.54, 1.807) is 0 Å². The SMILES string of the molecule is CCc1nn(C)cc1CN=C(Nc1ccccc1)N1CCCCC1. The number of aromatic nitrogens is 2. The van der Waals surface area contributed by atoms with Gasteiger partial charge in [-0.3, -0.25) is 4.68 Å². The van der Waals surface area contributed by atoms with Gasteiger partial charge in [-0.1, -0.05) is 25.1 Å². The van der Waals surface area contributed by atoms with Crippen LogP contribution in [0.3, 0.4) is 0 Å². The smallest absolute Gasteiger partial charge is 0.198 e. The van der Waals surface area contributed by atoms with Crippen molar-refractivity contribution in [1.82, 2.24) is 14.7 Å². The summed E-state index contributed by atoms with van der Waals surface area (Å²) < 4.78 is 1.88. The van der Waals surface area contributed by atoms with Crippen LogP contribution in [0.2, 0.25) is 0 Å². The first-order valence-corrected chi connectivity index (χ1v) is 8.89. The molecule has 0 radical (unpaired) electrons. The molecule has 1 aromatic heterocycles. The lowest BCUT2D eigenvalue weighted by atomic mass is 10.1. The minimum atomic E-state index is 0.669. The number of aryl methyl sites for hydroxylation is 2. The summed E-state index contributed by atoms with van der Waals surface area (Å²) in [6, 6.07) is 10.3. The van der Waals surface area contributed by atoms with Crippen LogP contribution in [0.4, 0.5) is 5.69 Å². The lowest BCUT2D eigenvalue weighted by Crippen LogP contribution is -2.40. The Bertz CT molecular complexity index is 668. The van der Waals surface area contributed by atoms with E-state index in [1.165, 1.54) is 24.8 Å². The van der Waals surface area contributed by atoms with Crippen molar-refractivity contribution in [3.63, 3.8) is 0 Å². The molecule has 1 aromatic carbocycles. The molecule has 0 atom stereocenters. The number of para-hydroxylation sites is 1. The predicted molar refractivity (Wildman–Crippen MR) is 99.2 cm³/mol. The minimum absolute atomic E-state index is 0.669. The van der Waals surface area contributed by atoms with Gasteiger partial charge in [0.05, 0.1) is 12.2 Å². The number of aliphatic imine (C=N–C) groups is 1. The first-order valence-electron chi connectivity index (χ1n) is 8.89. The Morgan fingerprint density at radius 3 is 2.62 bits per heavy atom. The molecule has 128 valence electrons. The Hall–Kier alpha value is -2.30. The van der Waals surface area contributed by atoms with Crippen LogP contribution < -0.4 is 5.32 Å². The lowest BCUT2D eigenvalue weighted by Gasteiger charge is -2.30. The maximum absolute atomic E-state index is 4.91. The normalized spacial score (nSPS) is 15.6. The van der Waals surface area contributed by atoms with Crippen LogP contribution >= 0.6 is 0 Å². The van der Waals surface area contributed by atoms with Crippen LogP contribution in [0.5, 0.6) is 0 Å². The third-order valence-corrected chi connectivity index (χ3v) is 4.41. The van der Waals surface area contributed by atoms with E-state index >= 15 is 0 Å². The molecule has 1 aliphatic heterocycles. The minimum Gasteiger partial charge on any atom is -0.343 e. The van der Waals surface area contributed by atoms with Gasteiger partial charge in [-0.2, -0.15) is 5.10 Å². The first kappa shape index (κ1) is 16.6. The summed E-state index contributed by atoms with van der Waals surface area (Å²) in [5.41, 5.74) is 3.44. The van der Waals surface area contributed by atoms with Gasteiger partial charge in [0.2, 0.25) is 0 Å². The molecule has 0 aliphatic carbocycles. The summed E-state index contributed by atoms with van der Waals surface area (Å²) in [6.45, 7) is 4.96. The van der Waals surface area contributed by atoms with E-state index in [0.717, 1.165) is 36.9 Å². The zero-order valence-electron chi connectivity index (χ0n) is 14.7. The van der Waals surface area contributed by atoms with Gasteiger partial charge in [0.25, 0.3) is 0 Å². The van der Waals surface area contributed by atoms with Gasteiger partial charge in [0.1, 0.15) is 0 Å². The number of hydrogen-bond acceptors (Lipinski definition) is 2. The summed E-state index contributed by atoms with van der Waals surface area (Å²) in [5.74, 6) is 0.979. The highest BCUT2D eigenvalue weighted by Crippen LogP contribution is 2.14. The molecule has 0 spiro atoms. The molecule has 1 N–H and O–H groups in total. The molecular formula is C19H27N5. The summed E-state index contributed by atoms with van der Waals surface area (Å²) in [4.78, 5) is 7.29. The molecule has 0 amide bonds. The second-order valence-corrected chi connectivity index (χ2v) is 6.31. The van der Waals surface area contributed by atoms with E-state index in [2.05, 4.69) is 40.6 Å². The van der Waals surface area contributed by atoms with E-state index in [-0.39, 0.29) is 0 Å². The number of nitrogens with one attached hydrogen (secondary N) is 1. The van der Waals surface area contributed by atoms with E-state index in [1.807, 2.05) is 29.9 Å². The Labute approximate surface area is 144 Å². The number of guanidine groups is 1. The maximum Gasteiger partial charge on any atom is 0.198 e. The Morgan fingerprint density at radius 1 is 1.17 bits per heavy atom. The average molecular weight is 325 g/mol. The lowest BCUT2D eigenvalue weighted by molar-refractivity contribution is 0.340. The van der Waals surface area contributed by atoms with E-state index in [9.17, 15) is 0 Å². The average Bonchev–Trinajstić information content (AvgIpc) is 3.00. The standard InChI is InChI=1S/C19H27N5/c1-3-18-16(15-23(2)22-18)14-20-19(24-12-8-5-9-13-24)21-17-10-6-4-7-11-17/h4,6-7,10-11,15H,3,5,8-9,12-14H2,1-2H3,(H,20,21). The van der Waals surface area contributed by atoms with Crippen LogP contribution in [0.25, 0.3) is 0 Å². The number of piperidine rings is 1. The van der Waals surface area contributed by atoms with Crippen molar-refractivity contribution in [2.45, 2.75) is 39.2 Å². The molecule has 5 heteroatoms. The number of likely N-dealkylation sites (tertiary alicyclic amines) is 1. The molecule has 1 fully saturated rings. The van der Waals surface area contributed by atoms with Crippen LogP contribution in [0.15, 0.2) is 41.5 Å². The molecule has 24 heavy (non-hydrogen) atoms. The van der Waals surface area contributed by atoms with Gasteiger partial charge in [0.15, 0.2) is 5.96 Å². The highest BCUT2D eigenvalue weighted by molar-refractivity contribution is 5.93. The second-order valence-electron chi connectivity index (χ2n) is 6.31. The van der Waals surface area contributed by atoms with Gasteiger partial charge in [-0.15, -0.1) is 0 Å². The molecule has 0 bridgehead atoms. The molecule has 3 rings (SSSR count). The summed E-state index contributed by atoms with van der Waals surface area (Å²) in [7, 11) is 1.97. The molecule has 5 nitrogen and oxygen atoms in total. The molecule has 2 heterocycles. The van der Waals surface area contributed by atoms with Gasteiger partial charge < -0.3 is 10.2 Å². The summed E-state index contributed by atoms with van der Waals surface area (Å²) in [5, 5.41) is 8.03.